The molecule has 15 N–H and O–H groups in total. The number of esters is 2. The fourth-order valence-electron chi connectivity index (χ4n) is 8.42. The van der Waals surface area contributed by atoms with Crippen LogP contribution >= 0.6 is 0 Å². The normalized spacial score (nSPS) is 14.5. The van der Waals surface area contributed by atoms with Crippen molar-refractivity contribution in [3.05, 3.63) is 0 Å². The maximum Gasteiger partial charge on any atom is 0.400 e. The molecule has 0 saturated carbocycles. The van der Waals surface area contributed by atoms with Gasteiger partial charge in [-0.2, -0.15) is 48.3 Å². The third kappa shape index (κ3) is 77.8. The number of primary amides is 2. The second-order valence-corrected chi connectivity index (χ2v) is 31.4. The molecule has 0 heterocycles. The Morgan fingerprint density at radius 3 is 0.817 bits per heavy atom. The van der Waals surface area contributed by atoms with Crippen LogP contribution in [0.15, 0.2) is 0 Å². The van der Waals surface area contributed by atoms with E-state index in [0.29, 0.717) is 61.4 Å². The molecule has 0 aromatic carbocycles. The van der Waals surface area contributed by atoms with E-state index in [-0.39, 0.29) is 94.4 Å². The van der Waals surface area contributed by atoms with E-state index in [9.17, 15) is 72.3 Å². The minimum atomic E-state index is -4.51. The fraction of sp³-hybridized carbons (Fsp3) is 0.935. The van der Waals surface area contributed by atoms with Crippen LogP contribution in [0.25, 0.3) is 0 Å². The summed E-state index contributed by atoms with van der Waals surface area (Å²) >= 11 is 0. The molecule has 4 unspecified atom stereocenters. The zero-order chi connectivity index (χ0) is 89.3. The van der Waals surface area contributed by atoms with Crippen molar-refractivity contribution in [3.8, 4) is 0 Å². The number of nitrogens with two attached hydrogens (primary N) is 2. The highest BCUT2D eigenvalue weighted by Crippen LogP contribution is 2.33. The summed E-state index contributed by atoms with van der Waals surface area (Å²) in [6.45, 7) is 50.7. The highest BCUT2D eigenvalue weighted by atomic mass is 19.4. The first kappa shape index (κ1) is 131. The quantitative estimate of drug-likeness (QED) is 0.0214. The van der Waals surface area contributed by atoms with Gasteiger partial charge in [0.25, 0.3) is 11.8 Å². The number of carbonyl (C=O) groups is 5. The largest absolute Gasteiger partial charge is 0.465 e. The second-order valence-electron chi connectivity index (χ2n) is 31.4. The number of hydrogen-bond acceptors (Lipinski definition) is 18. The Bertz CT molecular complexity index is 2070. The lowest BCUT2D eigenvalue weighted by Gasteiger charge is -2.29. The number of halogens is 11. The first-order chi connectivity index (χ1) is 48.4. The standard InChI is InChI=1S/C8H15F2NO.C8H14F2O2.C8H18O.C7H13F2NO.C7H12F2O2.2C7H16O2.C6H10F3NO.3C6H14O2.CH4/c1-6(2)5-8(9,10)7(12)11(3)4;1-4-12-7(11)8(9,10)5-6(2)3;1-5-8(4,6-9)7(2)3;1-4(2)5(3)7(8,9)6(10)11;1-5(2)4-7(8,9)6(10)11-3;2*1-5(2)7(4-8)6(3)9;1-3(2)4(5(10)11)6(7,8)9;3*1-5(2)3-6(8)4-7;/h6H,5H2,1-4H3;6H,4-5H2,1-3H3;7,9H,5-6H2,1-4H3;4-5H,1-3H3,(H2,10,11);5H,4H2,1-3H3;2*5-9H,4H2,1-3H3;3-4H,1-2H3,(H2,10,11);3*5-8H,3-4H2,1-2H3;1H4/t;;;;;2*6-,7+;;2*6-;;/m.....10.10../s1. The zero-order valence-corrected chi connectivity index (χ0v) is 71.5. The van der Waals surface area contributed by atoms with Crippen molar-refractivity contribution in [2.45, 2.75) is 307 Å². The van der Waals surface area contributed by atoms with Gasteiger partial charge in [-0.1, -0.05) is 181 Å². The first-order valence-electron chi connectivity index (χ1n) is 37.1. The number of ether oxygens (including phenoxy) is 2. The van der Waals surface area contributed by atoms with Gasteiger partial charge in [-0.15, -0.1) is 0 Å². The van der Waals surface area contributed by atoms with E-state index in [0.717, 1.165) is 18.4 Å². The van der Waals surface area contributed by atoms with Gasteiger partial charge < -0.3 is 82.0 Å². The van der Waals surface area contributed by atoms with Crippen molar-refractivity contribution in [1.82, 2.24) is 4.90 Å². The Morgan fingerprint density at radius 2 is 0.716 bits per heavy atom. The maximum atomic E-state index is 12.9. The molecule has 32 heteroatoms. The van der Waals surface area contributed by atoms with E-state index >= 15 is 0 Å². The van der Waals surface area contributed by atoms with Gasteiger partial charge >= 0.3 is 41.8 Å². The van der Waals surface area contributed by atoms with E-state index in [1.165, 1.54) is 41.8 Å². The van der Waals surface area contributed by atoms with Crippen LogP contribution in [0.1, 0.15) is 246 Å². The van der Waals surface area contributed by atoms with Crippen LogP contribution in [0, 0.1) is 94.2 Å². The van der Waals surface area contributed by atoms with Crippen LogP contribution in [0.3, 0.4) is 0 Å². The monoisotopic (exact) mass is 1620 g/mol. The van der Waals surface area contributed by atoms with E-state index < -0.39 is 121 Å². The number of alkyl halides is 11. The molecule has 668 valence electrons. The van der Waals surface area contributed by atoms with Crippen molar-refractivity contribution in [3.63, 3.8) is 0 Å². The lowest BCUT2D eigenvalue weighted by Crippen LogP contribution is -2.43. The molecule has 0 aliphatic rings. The topological polar surface area (TPSA) is 382 Å². The lowest BCUT2D eigenvalue weighted by atomic mass is 9.78. The minimum absolute atomic E-state index is 0. The summed E-state index contributed by atoms with van der Waals surface area (Å²) in [5.74, 6) is -22.0. The molecule has 0 aliphatic heterocycles. The Labute approximate surface area is 650 Å². The number of amides is 3. The summed E-state index contributed by atoms with van der Waals surface area (Å²) in [6.07, 6.45) is -5.02. The van der Waals surface area contributed by atoms with Gasteiger partial charge in [0.2, 0.25) is 5.91 Å². The summed E-state index contributed by atoms with van der Waals surface area (Å²) < 4.78 is 146. The van der Waals surface area contributed by atoms with Crippen LogP contribution in [-0.4, -0.2) is 219 Å². The van der Waals surface area contributed by atoms with E-state index in [1.807, 2.05) is 69.2 Å². The fourth-order valence-corrected chi connectivity index (χ4v) is 8.42. The molecule has 0 rings (SSSR count). The van der Waals surface area contributed by atoms with Gasteiger partial charge in [-0.05, 0) is 117 Å². The number of carbonyl (C=O) groups excluding carboxylic acids is 5. The molecule has 0 radical (unpaired) electrons. The number of hydrogen-bond donors (Lipinski definition) is 13. The summed E-state index contributed by atoms with van der Waals surface area (Å²) in [6, 6.07) is 0. The van der Waals surface area contributed by atoms with E-state index in [1.54, 1.807) is 69.2 Å². The second kappa shape index (κ2) is 69.6. The average molecular weight is 1630 g/mol. The number of aliphatic hydroxyl groups excluding tert-OH is 11. The molecular formula is C77H160F11N3O18. The Hall–Kier alpha value is -3.86. The Balaban J connectivity index is -0.0000000951. The van der Waals surface area contributed by atoms with Gasteiger partial charge in [0.1, 0.15) is 5.92 Å². The molecule has 3 amide bonds. The van der Waals surface area contributed by atoms with Crippen LogP contribution in [0.5, 0.6) is 0 Å². The minimum Gasteiger partial charge on any atom is -0.465 e. The van der Waals surface area contributed by atoms with E-state index in [4.69, 9.17) is 56.2 Å². The molecule has 0 fully saturated rings. The van der Waals surface area contributed by atoms with Gasteiger partial charge in [-0.25, -0.2) is 9.59 Å². The smallest absolute Gasteiger partial charge is 0.400 e. The summed E-state index contributed by atoms with van der Waals surface area (Å²) in [5, 5.41) is 95.8. The Kier molecular flexibility index (Phi) is 84.0. The van der Waals surface area contributed by atoms with Gasteiger partial charge in [0, 0.05) is 70.9 Å². The lowest BCUT2D eigenvalue weighted by molar-refractivity contribution is -0.189. The summed E-state index contributed by atoms with van der Waals surface area (Å²) in [7, 11) is 3.61. The van der Waals surface area contributed by atoms with Crippen molar-refractivity contribution in [2.75, 3.05) is 67.5 Å². The molecule has 21 nitrogen and oxygen atoms in total. The van der Waals surface area contributed by atoms with Crippen molar-refractivity contribution >= 4 is 29.7 Å². The molecule has 0 aromatic heterocycles. The van der Waals surface area contributed by atoms with E-state index in [2.05, 4.69) is 48.6 Å². The number of methoxy groups -OCH3 is 1. The zero-order valence-electron chi connectivity index (χ0n) is 71.5. The number of nitrogens with zero attached hydrogens (tertiary/aromatic N) is 1. The van der Waals surface area contributed by atoms with Gasteiger partial charge in [-0.3, -0.25) is 14.4 Å². The maximum absolute atomic E-state index is 12.9. The predicted molar refractivity (Wildman–Crippen MR) is 411 cm³/mol. The van der Waals surface area contributed by atoms with Gasteiger partial charge in [0.15, 0.2) is 0 Å². The molecule has 0 aromatic rings. The molecular weight excluding hydrogens is 1460 g/mol. The number of rotatable bonds is 33. The number of aliphatic hydroxyl groups is 11. The van der Waals surface area contributed by atoms with Crippen LogP contribution < -0.4 is 11.5 Å². The van der Waals surface area contributed by atoms with Crippen molar-refractivity contribution in [2.24, 2.45) is 106 Å². The molecule has 109 heavy (non-hydrogen) atoms. The predicted octanol–water partition coefficient (Wildman–Crippen LogP) is 13.6. The average Bonchev–Trinajstić information content (AvgIpc) is 0.868. The molecule has 0 aliphatic carbocycles. The first-order valence-corrected chi connectivity index (χ1v) is 37.1. The third-order valence-electron chi connectivity index (χ3n) is 15.8. The molecule has 0 bridgehead atoms. The summed E-state index contributed by atoms with van der Waals surface area (Å²) in [4.78, 5) is 53.3. The van der Waals surface area contributed by atoms with Crippen LogP contribution in [0.2, 0.25) is 0 Å². The van der Waals surface area contributed by atoms with Crippen LogP contribution in [-0.2, 0) is 33.4 Å². The van der Waals surface area contributed by atoms with Crippen LogP contribution in [0.4, 0.5) is 48.3 Å². The van der Waals surface area contributed by atoms with Crippen molar-refractivity contribution < 1.29 is 138 Å². The SMILES string of the molecule is C.CC(C)C(C(N)=O)C(F)(F)F.CC(C)C(C)C(F)(F)C(N)=O.CC(C)CC(F)(F)C(=O)N(C)C.CC(C)CC(O)CO.CC(C)C[C@@H](O)CO.CC(C)C[C@H](O)CO.CC(C)[C@@H](CO)[C@H](C)O.CC(C)[C@H](CO)[C@@H](C)O.CCC(C)(CO)C(C)C.CCOC(=O)C(F)(F)CC(C)C.COC(=O)C(F)(F)CC(C)C. The molecule has 10 atom stereocenters. The van der Waals surface area contributed by atoms with Gasteiger partial charge in [0.05, 0.1) is 64.1 Å². The Morgan fingerprint density at radius 1 is 0.431 bits per heavy atom. The van der Waals surface area contributed by atoms with Crippen molar-refractivity contribution in [1.29, 1.82) is 0 Å². The molecule has 0 saturated heterocycles. The third-order valence-corrected chi connectivity index (χ3v) is 15.8. The molecule has 0 spiro atoms. The highest BCUT2D eigenvalue weighted by molar-refractivity contribution is 5.83. The highest BCUT2D eigenvalue weighted by Gasteiger charge is 2.47. The summed E-state index contributed by atoms with van der Waals surface area (Å²) in [5.41, 5.74) is 9.22.